The van der Waals surface area contributed by atoms with Gasteiger partial charge in [0.05, 0.1) is 0 Å². The first-order chi connectivity index (χ1) is 10.2. The Morgan fingerprint density at radius 2 is 2.05 bits per heavy atom. The highest BCUT2D eigenvalue weighted by Gasteiger charge is 2.23. The van der Waals surface area contributed by atoms with E-state index in [2.05, 4.69) is 24.6 Å². The molecule has 0 aromatic carbocycles. The van der Waals surface area contributed by atoms with Crippen LogP contribution in [0, 0.1) is 6.92 Å². The maximum absolute atomic E-state index is 12.1. The summed E-state index contributed by atoms with van der Waals surface area (Å²) in [5, 5.41) is 3.06. The van der Waals surface area contributed by atoms with Crippen LogP contribution >= 0.6 is 11.5 Å². The highest BCUT2D eigenvalue weighted by molar-refractivity contribution is 7.05. The minimum atomic E-state index is -0.0752. The first kappa shape index (κ1) is 13.9. The number of piperidine rings is 1. The van der Waals surface area contributed by atoms with E-state index in [0.29, 0.717) is 5.69 Å². The first-order valence-electron chi connectivity index (χ1n) is 6.98. The molecule has 110 valence electrons. The molecule has 0 saturated carbocycles. The van der Waals surface area contributed by atoms with Crippen molar-refractivity contribution in [1.29, 1.82) is 0 Å². The third kappa shape index (κ3) is 3.36. The normalized spacial score (nSPS) is 16.0. The number of carbonyl (C=O) groups is 1. The van der Waals surface area contributed by atoms with Gasteiger partial charge in [0.15, 0.2) is 0 Å². The van der Waals surface area contributed by atoms with Gasteiger partial charge in [0.25, 0.3) is 5.91 Å². The minimum absolute atomic E-state index is 0.0752. The predicted octanol–water partition coefficient (Wildman–Crippen LogP) is 1.64. The number of hydrogen-bond acceptors (Lipinski definition) is 6. The first-order valence-corrected chi connectivity index (χ1v) is 7.76. The fourth-order valence-electron chi connectivity index (χ4n) is 2.41. The fourth-order valence-corrected chi connectivity index (χ4v) is 2.95. The second-order valence-corrected chi connectivity index (χ2v) is 6.12. The van der Waals surface area contributed by atoms with Gasteiger partial charge in [0.2, 0.25) is 5.95 Å². The lowest BCUT2D eigenvalue weighted by Gasteiger charge is -2.32. The number of nitrogens with one attached hydrogen (secondary N) is 1. The molecule has 1 amide bonds. The van der Waals surface area contributed by atoms with E-state index < -0.39 is 0 Å². The number of aryl methyl sites for hydroxylation is 1. The number of anilines is 1. The highest BCUT2D eigenvalue weighted by Crippen LogP contribution is 2.16. The third-order valence-electron chi connectivity index (χ3n) is 3.53. The van der Waals surface area contributed by atoms with Crippen molar-refractivity contribution in [3.05, 3.63) is 35.1 Å². The molecule has 1 aliphatic heterocycles. The second kappa shape index (κ2) is 6.17. The molecule has 1 fully saturated rings. The monoisotopic (exact) mass is 303 g/mol. The quantitative estimate of drug-likeness (QED) is 0.933. The highest BCUT2D eigenvalue weighted by atomic mass is 32.1. The van der Waals surface area contributed by atoms with E-state index in [0.717, 1.165) is 36.8 Å². The molecule has 3 rings (SSSR count). The zero-order valence-corrected chi connectivity index (χ0v) is 12.6. The van der Waals surface area contributed by atoms with Crippen molar-refractivity contribution in [2.75, 3.05) is 18.0 Å². The Kier molecular flexibility index (Phi) is 4.10. The smallest absolute Gasteiger partial charge is 0.271 e. The van der Waals surface area contributed by atoms with Crippen LogP contribution in [0.1, 0.15) is 28.2 Å². The number of aromatic nitrogens is 3. The Morgan fingerprint density at radius 1 is 1.33 bits per heavy atom. The van der Waals surface area contributed by atoms with Crippen molar-refractivity contribution >= 4 is 23.4 Å². The van der Waals surface area contributed by atoms with E-state index >= 15 is 0 Å². The molecular weight excluding hydrogens is 286 g/mol. The van der Waals surface area contributed by atoms with Crippen molar-refractivity contribution in [2.24, 2.45) is 0 Å². The SMILES string of the molecule is Cc1cc(C(=O)NC2CCN(c3ncccn3)CC2)ns1. The summed E-state index contributed by atoms with van der Waals surface area (Å²) < 4.78 is 4.14. The lowest BCUT2D eigenvalue weighted by molar-refractivity contribution is 0.0927. The number of rotatable bonds is 3. The van der Waals surface area contributed by atoms with Gasteiger partial charge >= 0.3 is 0 Å². The van der Waals surface area contributed by atoms with Crippen molar-refractivity contribution < 1.29 is 4.79 Å². The summed E-state index contributed by atoms with van der Waals surface area (Å²) in [4.78, 5) is 23.8. The van der Waals surface area contributed by atoms with Gasteiger partial charge in [-0.3, -0.25) is 4.79 Å². The van der Waals surface area contributed by atoms with Crippen LogP contribution in [0.2, 0.25) is 0 Å². The Morgan fingerprint density at radius 3 is 2.67 bits per heavy atom. The molecule has 1 saturated heterocycles. The van der Waals surface area contributed by atoms with E-state index in [1.807, 2.05) is 19.1 Å². The molecule has 2 aromatic heterocycles. The average Bonchev–Trinajstić information content (AvgIpc) is 2.96. The summed E-state index contributed by atoms with van der Waals surface area (Å²) in [6, 6.07) is 3.83. The lowest BCUT2D eigenvalue weighted by Crippen LogP contribution is -2.45. The lowest BCUT2D eigenvalue weighted by atomic mass is 10.1. The molecule has 0 atom stereocenters. The van der Waals surface area contributed by atoms with Crippen LogP contribution in [0.3, 0.4) is 0 Å². The molecule has 0 bridgehead atoms. The largest absolute Gasteiger partial charge is 0.348 e. The molecule has 0 spiro atoms. The van der Waals surface area contributed by atoms with Crippen molar-refractivity contribution in [3.8, 4) is 0 Å². The van der Waals surface area contributed by atoms with E-state index in [1.165, 1.54) is 11.5 Å². The van der Waals surface area contributed by atoms with Crippen molar-refractivity contribution in [3.63, 3.8) is 0 Å². The zero-order valence-electron chi connectivity index (χ0n) is 11.8. The van der Waals surface area contributed by atoms with Crippen LogP contribution in [-0.2, 0) is 0 Å². The zero-order chi connectivity index (χ0) is 14.7. The molecule has 6 nitrogen and oxygen atoms in total. The summed E-state index contributed by atoms with van der Waals surface area (Å²) in [6.45, 7) is 3.66. The van der Waals surface area contributed by atoms with Crippen LogP contribution in [0.4, 0.5) is 5.95 Å². The Balaban J connectivity index is 1.53. The van der Waals surface area contributed by atoms with Gasteiger partial charge in [-0.05, 0) is 43.4 Å². The molecule has 21 heavy (non-hydrogen) atoms. The van der Waals surface area contributed by atoms with E-state index in [9.17, 15) is 4.79 Å². The minimum Gasteiger partial charge on any atom is -0.348 e. The molecule has 0 unspecified atom stereocenters. The molecule has 1 N–H and O–H groups in total. The van der Waals surface area contributed by atoms with Crippen LogP contribution in [0.15, 0.2) is 24.5 Å². The molecule has 0 radical (unpaired) electrons. The van der Waals surface area contributed by atoms with E-state index in [-0.39, 0.29) is 11.9 Å². The summed E-state index contributed by atoms with van der Waals surface area (Å²) >= 11 is 1.36. The summed E-state index contributed by atoms with van der Waals surface area (Å²) in [5.41, 5.74) is 0.520. The molecule has 7 heteroatoms. The van der Waals surface area contributed by atoms with Crippen LogP contribution < -0.4 is 10.2 Å². The van der Waals surface area contributed by atoms with E-state index in [4.69, 9.17) is 0 Å². The van der Waals surface area contributed by atoms with Gasteiger partial charge < -0.3 is 10.2 Å². The number of nitrogens with zero attached hydrogens (tertiary/aromatic N) is 4. The third-order valence-corrected chi connectivity index (χ3v) is 4.22. The van der Waals surface area contributed by atoms with Crippen LogP contribution in [0.25, 0.3) is 0 Å². The van der Waals surface area contributed by atoms with E-state index in [1.54, 1.807) is 12.4 Å². The maximum Gasteiger partial charge on any atom is 0.271 e. The number of hydrogen-bond donors (Lipinski definition) is 1. The van der Waals surface area contributed by atoms with Crippen LogP contribution in [-0.4, -0.2) is 39.4 Å². The summed E-state index contributed by atoms with van der Waals surface area (Å²) in [7, 11) is 0. The second-order valence-electron chi connectivity index (χ2n) is 5.11. The van der Waals surface area contributed by atoms with Crippen molar-refractivity contribution in [1.82, 2.24) is 19.7 Å². The topological polar surface area (TPSA) is 71.0 Å². The van der Waals surface area contributed by atoms with Gasteiger partial charge in [0, 0.05) is 36.4 Å². The number of amides is 1. The van der Waals surface area contributed by atoms with Gasteiger partial charge in [-0.25, -0.2) is 9.97 Å². The standard InChI is InChI=1S/C14H17N5OS/c1-10-9-12(18-21-10)13(20)17-11-3-7-19(8-4-11)14-15-5-2-6-16-14/h2,5-6,9,11H,3-4,7-8H2,1H3,(H,17,20). The average molecular weight is 303 g/mol. The van der Waals surface area contributed by atoms with Gasteiger partial charge in [-0.1, -0.05) is 0 Å². The van der Waals surface area contributed by atoms with Gasteiger partial charge in [-0.2, -0.15) is 4.37 Å². The molecule has 3 heterocycles. The molecule has 2 aromatic rings. The summed E-state index contributed by atoms with van der Waals surface area (Å²) in [5.74, 6) is 0.686. The Hall–Kier alpha value is -2.02. The predicted molar refractivity (Wildman–Crippen MR) is 81.6 cm³/mol. The Bertz CT molecular complexity index is 607. The molecule has 1 aliphatic rings. The van der Waals surface area contributed by atoms with Crippen molar-refractivity contribution in [2.45, 2.75) is 25.8 Å². The van der Waals surface area contributed by atoms with Gasteiger partial charge in [-0.15, -0.1) is 0 Å². The maximum atomic E-state index is 12.1. The molecular formula is C14H17N5OS. The fraction of sp³-hybridized carbons (Fsp3) is 0.429. The molecule has 0 aliphatic carbocycles. The Labute approximate surface area is 127 Å². The summed E-state index contributed by atoms with van der Waals surface area (Å²) in [6.07, 6.45) is 5.29. The van der Waals surface area contributed by atoms with Gasteiger partial charge in [0.1, 0.15) is 5.69 Å². The van der Waals surface area contributed by atoms with Crippen LogP contribution in [0.5, 0.6) is 0 Å². The number of carbonyl (C=O) groups excluding carboxylic acids is 1.